The summed E-state index contributed by atoms with van der Waals surface area (Å²) in [7, 11) is -1.97. The van der Waals surface area contributed by atoms with E-state index in [0.717, 1.165) is 0 Å². The lowest BCUT2D eigenvalue weighted by Gasteiger charge is -2.42. The Kier molecular flexibility index (Phi) is 6.17. The molecule has 6 nitrogen and oxygen atoms in total. The summed E-state index contributed by atoms with van der Waals surface area (Å²) in [4.78, 5) is 22.3. The summed E-state index contributed by atoms with van der Waals surface area (Å²) in [5, 5.41) is 0.0686. The van der Waals surface area contributed by atoms with E-state index < -0.39 is 32.8 Å². The monoisotopic (exact) mass is 332 g/mol. The predicted molar refractivity (Wildman–Crippen MR) is 83.5 cm³/mol. The highest BCUT2D eigenvalue weighted by atomic mass is 28.4. The van der Waals surface area contributed by atoms with E-state index in [4.69, 9.17) is 18.6 Å². The molecule has 1 saturated heterocycles. The second-order valence-electron chi connectivity index (χ2n) is 7.19. The Morgan fingerprint density at radius 1 is 1.00 bits per heavy atom. The number of carbonyl (C=O) groups is 2. The molecule has 0 N–H and O–H groups in total. The molecule has 1 rings (SSSR count). The van der Waals surface area contributed by atoms with Gasteiger partial charge in [0, 0.05) is 26.7 Å². The van der Waals surface area contributed by atoms with Crippen LogP contribution < -0.4 is 0 Å². The van der Waals surface area contributed by atoms with Crippen molar-refractivity contribution in [3.05, 3.63) is 0 Å². The third-order valence-corrected chi connectivity index (χ3v) is 8.61. The summed E-state index contributed by atoms with van der Waals surface area (Å²) in [6.07, 6.45) is -0.757. The van der Waals surface area contributed by atoms with Crippen LogP contribution in [0.4, 0.5) is 0 Å². The molecular formula is C15H28O6Si. The maximum absolute atomic E-state index is 11.1. The third kappa shape index (κ3) is 5.70. The molecule has 0 aliphatic carbocycles. The van der Waals surface area contributed by atoms with E-state index >= 15 is 0 Å². The molecule has 0 aromatic heterocycles. The van der Waals surface area contributed by atoms with Gasteiger partial charge in [-0.25, -0.2) is 0 Å². The van der Waals surface area contributed by atoms with Crippen molar-refractivity contribution in [3.63, 3.8) is 0 Å². The highest BCUT2D eigenvalue weighted by Crippen LogP contribution is 2.39. The second kappa shape index (κ2) is 7.10. The van der Waals surface area contributed by atoms with Gasteiger partial charge >= 0.3 is 11.9 Å². The summed E-state index contributed by atoms with van der Waals surface area (Å²) < 4.78 is 22.1. The second-order valence-corrected chi connectivity index (χ2v) is 11.9. The van der Waals surface area contributed by atoms with Crippen LogP contribution in [-0.2, 0) is 28.2 Å². The maximum Gasteiger partial charge on any atom is 0.304 e. The number of hydrogen-bond donors (Lipinski definition) is 0. The van der Waals surface area contributed by atoms with Crippen molar-refractivity contribution in [1.29, 1.82) is 0 Å². The molecule has 128 valence electrons. The predicted octanol–water partition coefficient (Wildman–Crippen LogP) is 2.97. The molecule has 1 aliphatic rings. The largest absolute Gasteiger partial charge is 0.436 e. The summed E-state index contributed by atoms with van der Waals surface area (Å²) in [6, 6.07) is 0. The number of carbonyl (C=O) groups excluding carboxylic acids is 2. The third-order valence-electron chi connectivity index (χ3n) is 4.08. The molecule has 1 fully saturated rings. The van der Waals surface area contributed by atoms with Crippen LogP contribution in [-0.4, -0.2) is 38.9 Å². The van der Waals surface area contributed by atoms with Crippen LogP contribution in [0.1, 0.15) is 47.5 Å². The molecule has 0 aromatic carbocycles. The van der Waals surface area contributed by atoms with Crippen LogP contribution in [0, 0.1) is 0 Å². The van der Waals surface area contributed by atoms with Gasteiger partial charge in [-0.15, -0.1) is 0 Å². The van der Waals surface area contributed by atoms with Crippen LogP contribution in [0.15, 0.2) is 0 Å². The van der Waals surface area contributed by atoms with Crippen LogP contribution >= 0.6 is 0 Å². The van der Waals surface area contributed by atoms with E-state index in [1.807, 2.05) is 0 Å². The van der Waals surface area contributed by atoms with Crippen LogP contribution in [0.2, 0.25) is 18.1 Å². The Bertz CT molecular complexity index is 391. The molecule has 0 amide bonds. The van der Waals surface area contributed by atoms with Gasteiger partial charge in [-0.2, -0.15) is 0 Å². The highest BCUT2D eigenvalue weighted by Gasteiger charge is 2.42. The van der Waals surface area contributed by atoms with E-state index in [2.05, 4.69) is 33.9 Å². The topological polar surface area (TPSA) is 71.1 Å². The van der Waals surface area contributed by atoms with E-state index in [-0.39, 0.29) is 11.1 Å². The minimum Gasteiger partial charge on any atom is -0.436 e. The number of hydrogen-bond acceptors (Lipinski definition) is 6. The fourth-order valence-corrected chi connectivity index (χ4v) is 3.40. The Morgan fingerprint density at radius 3 is 1.73 bits per heavy atom. The summed E-state index contributed by atoms with van der Waals surface area (Å²) >= 11 is 0. The van der Waals surface area contributed by atoms with Gasteiger partial charge < -0.3 is 18.6 Å². The molecule has 0 spiro atoms. The Labute approximate surface area is 133 Å². The zero-order valence-electron chi connectivity index (χ0n) is 14.6. The molecular weight excluding hydrogens is 304 g/mol. The lowest BCUT2D eigenvalue weighted by Crippen LogP contribution is -2.49. The molecule has 1 heterocycles. The lowest BCUT2D eigenvalue weighted by molar-refractivity contribution is -0.266. The summed E-state index contributed by atoms with van der Waals surface area (Å²) in [5.41, 5.74) is 0. The highest BCUT2D eigenvalue weighted by molar-refractivity contribution is 6.74. The molecule has 7 heteroatoms. The first kappa shape index (κ1) is 19.1. The molecule has 0 bridgehead atoms. The standard InChI is InChI=1S/C15H28O6Si/c1-10(16)18-13-8-12(9-14(20-13)19-11(2)17)21-22(6,7)15(3,4)5/h12-14H,8-9H2,1-7H3/t12?,13-,14+. The van der Waals surface area contributed by atoms with E-state index in [1.165, 1.54) is 13.8 Å². The zero-order valence-corrected chi connectivity index (χ0v) is 15.6. The first-order chi connectivity index (χ1) is 9.90. The van der Waals surface area contributed by atoms with Gasteiger partial charge in [0.05, 0.1) is 6.10 Å². The molecule has 3 atom stereocenters. The number of ether oxygens (including phenoxy) is 3. The molecule has 0 radical (unpaired) electrons. The molecule has 0 aromatic rings. The van der Waals surface area contributed by atoms with E-state index in [0.29, 0.717) is 12.8 Å². The smallest absolute Gasteiger partial charge is 0.304 e. The van der Waals surface area contributed by atoms with Crippen LogP contribution in [0.25, 0.3) is 0 Å². The number of esters is 2. The minimum atomic E-state index is -1.97. The lowest BCUT2D eigenvalue weighted by atomic mass is 10.1. The quantitative estimate of drug-likeness (QED) is 0.582. The summed E-state index contributed by atoms with van der Waals surface area (Å²) in [6.45, 7) is 13.4. The number of rotatable bonds is 4. The maximum atomic E-state index is 11.1. The van der Waals surface area contributed by atoms with Gasteiger partial charge in [0.1, 0.15) is 0 Å². The minimum absolute atomic E-state index is 0.0686. The van der Waals surface area contributed by atoms with Crippen LogP contribution in [0.5, 0.6) is 0 Å². The molecule has 1 unspecified atom stereocenters. The van der Waals surface area contributed by atoms with E-state index in [9.17, 15) is 9.59 Å². The fraction of sp³-hybridized carbons (Fsp3) is 0.867. The van der Waals surface area contributed by atoms with Crippen molar-refractivity contribution in [2.24, 2.45) is 0 Å². The van der Waals surface area contributed by atoms with Crippen LogP contribution in [0.3, 0.4) is 0 Å². The molecule has 1 aliphatic heterocycles. The summed E-state index contributed by atoms with van der Waals surface area (Å²) in [5.74, 6) is -0.862. The van der Waals surface area contributed by atoms with Gasteiger partial charge in [0.25, 0.3) is 0 Å². The van der Waals surface area contributed by atoms with Gasteiger partial charge in [-0.3, -0.25) is 9.59 Å². The van der Waals surface area contributed by atoms with Gasteiger partial charge in [0.2, 0.25) is 12.6 Å². The Hall–Kier alpha value is -0.923. The normalized spacial score (nSPS) is 26.4. The van der Waals surface area contributed by atoms with Crippen molar-refractivity contribution < 1.29 is 28.2 Å². The molecule has 22 heavy (non-hydrogen) atoms. The average molecular weight is 332 g/mol. The SMILES string of the molecule is CC(=O)O[C@H]1CC(O[Si](C)(C)C(C)(C)C)C[C@@H](OC(C)=O)O1. The van der Waals surface area contributed by atoms with Crippen molar-refractivity contribution in [3.8, 4) is 0 Å². The Balaban J connectivity index is 2.79. The van der Waals surface area contributed by atoms with Crippen molar-refractivity contribution >= 4 is 20.3 Å². The first-order valence-corrected chi connectivity index (χ1v) is 10.5. The first-order valence-electron chi connectivity index (χ1n) is 7.58. The van der Waals surface area contributed by atoms with Crippen molar-refractivity contribution in [2.75, 3.05) is 0 Å². The molecule has 0 saturated carbocycles. The average Bonchev–Trinajstić information content (AvgIpc) is 2.23. The fourth-order valence-electron chi connectivity index (χ4n) is 2.02. The van der Waals surface area contributed by atoms with E-state index in [1.54, 1.807) is 0 Å². The van der Waals surface area contributed by atoms with Gasteiger partial charge in [0.15, 0.2) is 8.32 Å². The van der Waals surface area contributed by atoms with Gasteiger partial charge in [-0.1, -0.05) is 20.8 Å². The Morgan fingerprint density at radius 2 is 1.41 bits per heavy atom. The van der Waals surface area contributed by atoms with Crippen molar-refractivity contribution in [2.45, 2.75) is 84.3 Å². The van der Waals surface area contributed by atoms with Crippen molar-refractivity contribution in [1.82, 2.24) is 0 Å². The van der Waals surface area contributed by atoms with Gasteiger partial charge in [-0.05, 0) is 18.1 Å². The zero-order chi connectivity index (χ0) is 17.1.